The van der Waals surface area contributed by atoms with Crippen molar-refractivity contribution >= 4 is 21.5 Å². The molecule has 0 saturated heterocycles. The van der Waals surface area contributed by atoms with Crippen LogP contribution in [-0.4, -0.2) is 18.2 Å². The van der Waals surface area contributed by atoms with Crippen molar-refractivity contribution in [3.05, 3.63) is 46.7 Å². The van der Waals surface area contributed by atoms with Crippen LogP contribution in [0.4, 0.5) is 0 Å². The summed E-state index contributed by atoms with van der Waals surface area (Å²) in [6.45, 7) is 1.82. The van der Waals surface area contributed by atoms with Crippen molar-refractivity contribution < 1.29 is 13.0 Å². The average molecular weight is 256 g/mol. The van der Waals surface area contributed by atoms with Crippen LogP contribution < -0.4 is 0 Å². The van der Waals surface area contributed by atoms with E-state index in [2.05, 4.69) is 0 Å². The summed E-state index contributed by atoms with van der Waals surface area (Å²) in [4.78, 5) is 0.927. The quantitative estimate of drug-likeness (QED) is 0.827. The van der Waals surface area contributed by atoms with Crippen molar-refractivity contribution in [1.29, 1.82) is 0 Å². The van der Waals surface area contributed by atoms with Crippen LogP contribution in [0.25, 0.3) is 0 Å². The molecule has 0 radical (unpaired) electrons. The van der Waals surface area contributed by atoms with Gasteiger partial charge in [-0.05, 0) is 18.4 Å². The lowest BCUT2D eigenvalue weighted by Crippen LogP contribution is -2.39. The third kappa shape index (κ3) is 1.86. The van der Waals surface area contributed by atoms with E-state index in [1.807, 2.05) is 30.5 Å². The second-order valence-electron chi connectivity index (χ2n) is 3.94. The zero-order valence-electron chi connectivity index (χ0n) is 8.70. The minimum absolute atomic E-state index is 0.684. The maximum absolute atomic E-state index is 11.4. The largest absolute Gasteiger partial charge is 0.285 e. The molecule has 86 valence electrons. The molecule has 3 nitrogen and oxygen atoms in total. The average Bonchev–Trinajstić information content (AvgIpc) is 2.69. The first-order valence-corrected chi connectivity index (χ1v) is 7.19. The molecule has 0 amide bonds. The second kappa shape index (κ2) is 3.84. The lowest BCUT2D eigenvalue weighted by atomic mass is 9.82. The molecule has 2 unspecified atom stereocenters. The van der Waals surface area contributed by atoms with E-state index in [1.165, 1.54) is 17.4 Å². The smallest absolute Gasteiger partial charge is 0.272 e. The zero-order chi connectivity index (χ0) is 11.8. The number of rotatable bonds is 2. The summed E-state index contributed by atoms with van der Waals surface area (Å²) in [6.07, 6.45) is 6.79. The van der Waals surface area contributed by atoms with E-state index in [1.54, 1.807) is 12.2 Å². The SMILES string of the molecule is CC1(c2cccs2)C=CC=CC1S(=O)(=O)O. The molecular formula is C11H12O3S2. The predicted octanol–water partition coefficient (Wildman–Crippen LogP) is 2.39. The fourth-order valence-corrected chi connectivity index (χ4v) is 4.03. The van der Waals surface area contributed by atoms with E-state index < -0.39 is 20.8 Å². The van der Waals surface area contributed by atoms with Crippen molar-refractivity contribution in [3.8, 4) is 0 Å². The first kappa shape index (κ1) is 11.6. The molecule has 0 spiro atoms. The minimum atomic E-state index is -4.09. The fraction of sp³-hybridized carbons (Fsp3) is 0.273. The molecule has 0 aromatic carbocycles. The Kier molecular flexibility index (Phi) is 2.77. The Bertz CT molecular complexity index is 526. The predicted molar refractivity (Wildman–Crippen MR) is 65.3 cm³/mol. The van der Waals surface area contributed by atoms with Gasteiger partial charge >= 0.3 is 0 Å². The number of thiophene rings is 1. The van der Waals surface area contributed by atoms with E-state index in [0.717, 1.165) is 4.88 Å². The third-order valence-corrected chi connectivity index (χ3v) is 5.22. The standard InChI is InChI=1S/C11H12O3S2/c1-11(9-5-4-8-15-9)7-3-2-6-10(11)16(12,13)14/h2-8,10H,1H3,(H,12,13,14). The Morgan fingerprint density at radius 2 is 2.19 bits per heavy atom. The summed E-state index contributed by atoms with van der Waals surface area (Å²) in [5, 5.41) is 0.983. The molecule has 1 aliphatic rings. The number of allylic oxidation sites excluding steroid dienone is 3. The summed E-state index contributed by atoms with van der Waals surface area (Å²) >= 11 is 1.49. The molecule has 0 fully saturated rings. The Morgan fingerprint density at radius 1 is 1.44 bits per heavy atom. The van der Waals surface area contributed by atoms with Crippen LogP contribution in [0.2, 0.25) is 0 Å². The van der Waals surface area contributed by atoms with Crippen LogP contribution in [0.1, 0.15) is 11.8 Å². The summed E-state index contributed by atoms with van der Waals surface area (Å²) in [5.74, 6) is 0. The van der Waals surface area contributed by atoms with Crippen LogP contribution in [0, 0.1) is 0 Å². The molecule has 16 heavy (non-hydrogen) atoms. The van der Waals surface area contributed by atoms with Gasteiger partial charge in [0.25, 0.3) is 10.1 Å². The first-order valence-electron chi connectivity index (χ1n) is 4.81. The number of hydrogen-bond donors (Lipinski definition) is 1. The van der Waals surface area contributed by atoms with Gasteiger partial charge in [0.2, 0.25) is 0 Å². The zero-order valence-corrected chi connectivity index (χ0v) is 10.3. The van der Waals surface area contributed by atoms with Gasteiger partial charge in [-0.25, -0.2) is 0 Å². The highest BCUT2D eigenvalue weighted by Gasteiger charge is 2.41. The van der Waals surface area contributed by atoms with Gasteiger partial charge in [0, 0.05) is 10.3 Å². The first-order chi connectivity index (χ1) is 7.44. The highest BCUT2D eigenvalue weighted by Crippen LogP contribution is 2.38. The van der Waals surface area contributed by atoms with Crippen LogP contribution >= 0.6 is 11.3 Å². The molecule has 1 heterocycles. The Hall–Kier alpha value is -0.910. The Balaban J connectivity index is 2.54. The molecule has 2 atom stereocenters. The Labute approximate surface area is 98.9 Å². The van der Waals surface area contributed by atoms with Crippen LogP contribution in [-0.2, 0) is 15.5 Å². The molecular weight excluding hydrogens is 244 g/mol. The molecule has 2 rings (SSSR count). The maximum atomic E-state index is 11.4. The summed E-state index contributed by atoms with van der Waals surface area (Å²) in [6, 6.07) is 3.75. The normalized spacial score (nSPS) is 29.5. The summed E-state index contributed by atoms with van der Waals surface area (Å²) < 4.78 is 32.0. The second-order valence-corrected chi connectivity index (χ2v) is 6.43. The van der Waals surface area contributed by atoms with Gasteiger partial charge in [-0.1, -0.05) is 30.4 Å². The van der Waals surface area contributed by atoms with Gasteiger partial charge in [-0.3, -0.25) is 4.55 Å². The fourth-order valence-electron chi connectivity index (χ4n) is 1.93. The number of hydrogen-bond acceptors (Lipinski definition) is 3. The van der Waals surface area contributed by atoms with E-state index in [0.29, 0.717) is 0 Å². The highest BCUT2D eigenvalue weighted by atomic mass is 32.2. The van der Waals surface area contributed by atoms with Crippen LogP contribution in [0.15, 0.2) is 41.8 Å². The van der Waals surface area contributed by atoms with Crippen LogP contribution in [0.3, 0.4) is 0 Å². The van der Waals surface area contributed by atoms with Crippen molar-refractivity contribution in [2.45, 2.75) is 17.6 Å². The topological polar surface area (TPSA) is 54.4 Å². The van der Waals surface area contributed by atoms with E-state index in [9.17, 15) is 13.0 Å². The van der Waals surface area contributed by atoms with Crippen molar-refractivity contribution in [2.75, 3.05) is 0 Å². The van der Waals surface area contributed by atoms with Gasteiger partial charge in [0.1, 0.15) is 5.25 Å². The molecule has 0 saturated carbocycles. The molecule has 1 aliphatic carbocycles. The van der Waals surface area contributed by atoms with Gasteiger partial charge in [-0.15, -0.1) is 11.3 Å². The van der Waals surface area contributed by atoms with Gasteiger partial charge in [0.15, 0.2) is 0 Å². The highest BCUT2D eigenvalue weighted by molar-refractivity contribution is 7.86. The summed E-state index contributed by atoms with van der Waals surface area (Å²) in [7, 11) is -4.09. The summed E-state index contributed by atoms with van der Waals surface area (Å²) in [5.41, 5.74) is -0.684. The maximum Gasteiger partial charge on any atom is 0.272 e. The molecule has 5 heteroatoms. The van der Waals surface area contributed by atoms with Crippen molar-refractivity contribution in [1.82, 2.24) is 0 Å². The van der Waals surface area contributed by atoms with E-state index >= 15 is 0 Å². The molecule has 1 N–H and O–H groups in total. The monoisotopic (exact) mass is 256 g/mol. The van der Waals surface area contributed by atoms with Gasteiger partial charge in [-0.2, -0.15) is 8.42 Å². The van der Waals surface area contributed by atoms with E-state index in [4.69, 9.17) is 0 Å². The molecule has 1 aromatic rings. The van der Waals surface area contributed by atoms with Gasteiger partial charge < -0.3 is 0 Å². The van der Waals surface area contributed by atoms with Crippen molar-refractivity contribution in [3.63, 3.8) is 0 Å². The van der Waals surface area contributed by atoms with E-state index in [-0.39, 0.29) is 0 Å². The van der Waals surface area contributed by atoms with Crippen LogP contribution in [0.5, 0.6) is 0 Å². The molecule has 1 aromatic heterocycles. The molecule has 0 aliphatic heterocycles. The van der Waals surface area contributed by atoms with Gasteiger partial charge in [0.05, 0.1) is 0 Å². The lowest BCUT2D eigenvalue weighted by molar-refractivity contribution is 0.452. The minimum Gasteiger partial charge on any atom is -0.285 e. The lowest BCUT2D eigenvalue weighted by Gasteiger charge is -2.32. The third-order valence-electron chi connectivity index (χ3n) is 2.80. The molecule has 0 bridgehead atoms. The Morgan fingerprint density at radius 3 is 2.75 bits per heavy atom. The van der Waals surface area contributed by atoms with Crippen molar-refractivity contribution in [2.24, 2.45) is 0 Å².